The Morgan fingerprint density at radius 2 is 2.17 bits per heavy atom. The number of pyridine rings is 1. The Morgan fingerprint density at radius 3 is 2.89 bits per heavy atom. The van der Waals surface area contributed by atoms with Gasteiger partial charge in [-0.25, -0.2) is 9.37 Å². The summed E-state index contributed by atoms with van der Waals surface area (Å²) in [5.41, 5.74) is 6.20. The van der Waals surface area contributed by atoms with Crippen molar-refractivity contribution in [2.75, 3.05) is 11.1 Å². The van der Waals surface area contributed by atoms with Crippen LogP contribution in [0.25, 0.3) is 0 Å². The number of hydrogen-bond acceptors (Lipinski definition) is 3. The number of nitrogens with two attached hydrogens (primary N) is 1. The molecule has 0 saturated heterocycles. The molecule has 0 radical (unpaired) electrons. The average Bonchev–Trinajstić information content (AvgIpc) is 2.32. The van der Waals surface area contributed by atoms with Gasteiger partial charge in [0.15, 0.2) is 0 Å². The number of nitrogens with zero attached hydrogens (tertiary/aromatic N) is 1. The zero-order chi connectivity index (χ0) is 13.1. The molecule has 4 nitrogen and oxygen atoms in total. The minimum absolute atomic E-state index is 0.118. The Labute approximate surface area is 111 Å². The van der Waals surface area contributed by atoms with Gasteiger partial charge in [0.05, 0.1) is 5.56 Å². The highest BCUT2D eigenvalue weighted by molar-refractivity contribution is 9.10. The van der Waals surface area contributed by atoms with E-state index in [1.54, 1.807) is 12.1 Å². The van der Waals surface area contributed by atoms with Gasteiger partial charge in [0, 0.05) is 16.4 Å². The van der Waals surface area contributed by atoms with Gasteiger partial charge < -0.3 is 11.1 Å². The van der Waals surface area contributed by atoms with E-state index in [0.717, 1.165) is 0 Å². The summed E-state index contributed by atoms with van der Waals surface area (Å²) in [6.45, 7) is 0. The van der Waals surface area contributed by atoms with Gasteiger partial charge in [-0.1, -0.05) is 6.07 Å². The lowest BCUT2D eigenvalue weighted by atomic mass is 10.2. The van der Waals surface area contributed by atoms with Crippen molar-refractivity contribution in [3.63, 3.8) is 0 Å². The van der Waals surface area contributed by atoms with Crippen molar-refractivity contribution >= 4 is 33.3 Å². The molecular formula is C12H9BrFN3O. The molecule has 0 aliphatic heterocycles. The molecule has 1 aromatic carbocycles. The second-order valence-electron chi connectivity index (χ2n) is 3.55. The van der Waals surface area contributed by atoms with Gasteiger partial charge in [-0.3, -0.25) is 4.79 Å². The topological polar surface area (TPSA) is 68.0 Å². The van der Waals surface area contributed by atoms with Gasteiger partial charge in [-0.2, -0.15) is 0 Å². The van der Waals surface area contributed by atoms with Crippen LogP contribution in [0.1, 0.15) is 10.4 Å². The normalized spacial score (nSPS) is 10.1. The Kier molecular flexibility index (Phi) is 3.57. The number of halogens is 2. The first-order chi connectivity index (χ1) is 8.56. The molecular weight excluding hydrogens is 301 g/mol. The fraction of sp³-hybridized carbons (Fsp3) is 0. The Hall–Kier alpha value is -1.95. The third-order valence-corrected chi connectivity index (χ3v) is 2.65. The standard InChI is InChI=1S/C12H9BrFN3O/c13-7-4-10(11(15)16-6-7)12(18)17-9-3-1-2-8(14)5-9/h1-6H,(H2,15,16)(H,17,18). The quantitative estimate of drug-likeness (QED) is 0.896. The predicted molar refractivity (Wildman–Crippen MR) is 70.7 cm³/mol. The van der Waals surface area contributed by atoms with Crippen LogP contribution < -0.4 is 11.1 Å². The lowest BCUT2D eigenvalue weighted by Gasteiger charge is -2.07. The van der Waals surface area contributed by atoms with Gasteiger partial charge in [0.1, 0.15) is 11.6 Å². The smallest absolute Gasteiger partial charge is 0.259 e. The number of hydrogen-bond donors (Lipinski definition) is 2. The minimum Gasteiger partial charge on any atom is -0.383 e. The molecule has 0 spiro atoms. The van der Waals surface area contributed by atoms with Crippen molar-refractivity contribution in [3.05, 3.63) is 52.4 Å². The van der Waals surface area contributed by atoms with Crippen LogP contribution in [0.2, 0.25) is 0 Å². The maximum atomic E-state index is 13.0. The fourth-order valence-electron chi connectivity index (χ4n) is 1.40. The van der Waals surface area contributed by atoms with Crippen LogP contribution in [0.5, 0.6) is 0 Å². The van der Waals surface area contributed by atoms with E-state index >= 15 is 0 Å². The predicted octanol–water partition coefficient (Wildman–Crippen LogP) is 2.82. The fourth-order valence-corrected chi connectivity index (χ4v) is 1.73. The number of carbonyl (C=O) groups is 1. The molecule has 2 rings (SSSR count). The summed E-state index contributed by atoms with van der Waals surface area (Å²) in [5, 5.41) is 2.55. The number of benzene rings is 1. The highest BCUT2D eigenvalue weighted by atomic mass is 79.9. The van der Waals surface area contributed by atoms with Gasteiger partial charge in [0.25, 0.3) is 5.91 Å². The van der Waals surface area contributed by atoms with E-state index in [1.165, 1.54) is 24.4 Å². The largest absolute Gasteiger partial charge is 0.383 e. The number of carbonyl (C=O) groups excluding carboxylic acids is 1. The van der Waals surface area contributed by atoms with Crippen LogP contribution in [-0.2, 0) is 0 Å². The van der Waals surface area contributed by atoms with Gasteiger partial charge >= 0.3 is 0 Å². The summed E-state index contributed by atoms with van der Waals surface area (Å²) in [5.74, 6) is -0.743. The van der Waals surface area contributed by atoms with E-state index in [0.29, 0.717) is 10.2 Å². The van der Waals surface area contributed by atoms with Crippen molar-refractivity contribution in [1.82, 2.24) is 4.98 Å². The zero-order valence-corrected chi connectivity index (χ0v) is 10.7. The average molecular weight is 310 g/mol. The summed E-state index contributed by atoms with van der Waals surface area (Å²) in [6, 6.07) is 7.16. The second-order valence-corrected chi connectivity index (χ2v) is 4.47. The first-order valence-corrected chi connectivity index (χ1v) is 5.83. The maximum absolute atomic E-state index is 13.0. The van der Waals surface area contributed by atoms with E-state index in [-0.39, 0.29) is 11.4 Å². The molecule has 0 aliphatic carbocycles. The van der Waals surface area contributed by atoms with Crippen molar-refractivity contribution in [3.8, 4) is 0 Å². The SMILES string of the molecule is Nc1ncc(Br)cc1C(=O)Nc1cccc(F)c1. The summed E-state index contributed by atoms with van der Waals surface area (Å²) in [4.78, 5) is 15.8. The van der Waals surface area contributed by atoms with E-state index in [2.05, 4.69) is 26.2 Å². The van der Waals surface area contributed by atoms with Gasteiger partial charge in [0.2, 0.25) is 0 Å². The van der Waals surface area contributed by atoms with E-state index in [9.17, 15) is 9.18 Å². The van der Waals surface area contributed by atoms with Crippen LogP contribution in [0.4, 0.5) is 15.9 Å². The van der Waals surface area contributed by atoms with Crippen molar-refractivity contribution < 1.29 is 9.18 Å². The van der Waals surface area contributed by atoms with Gasteiger partial charge in [-0.05, 0) is 40.2 Å². The number of aromatic nitrogens is 1. The number of nitrogen functional groups attached to an aromatic ring is 1. The summed E-state index contributed by atoms with van der Waals surface area (Å²) in [6.07, 6.45) is 1.49. The number of nitrogens with one attached hydrogen (secondary N) is 1. The summed E-state index contributed by atoms with van der Waals surface area (Å²) >= 11 is 3.20. The van der Waals surface area contributed by atoms with E-state index in [1.807, 2.05) is 0 Å². The molecule has 0 aliphatic rings. The second kappa shape index (κ2) is 5.14. The van der Waals surface area contributed by atoms with Crippen molar-refractivity contribution in [1.29, 1.82) is 0 Å². The van der Waals surface area contributed by atoms with Crippen LogP contribution in [-0.4, -0.2) is 10.9 Å². The van der Waals surface area contributed by atoms with Crippen LogP contribution in [0, 0.1) is 5.82 Å². The first-order valence-electron chi connectivity index (χ1n) is 5.04. The number of rotatable bonds is 2. The zero-order valence-electron chi connectivity index (χ0n) is 9.15. The lowest BCUT2D eigenvalue weighted by Crippen LogP contribution is -2.15. The molecule has 0 bridgehead atoms. The first kappa shape index (κ1) is 12.5. The summed E-state index contributed by atoms with van der Waals surface area (Å²) < 4.78 is 13.6. The van der Waals surface area contributed by atoms with Crippen LogP contribution >= 0.6 is 15.9 Å². The molecule has 0 saturated carbocycles. The molecule has 6 heteroatoms. The Balaban J connectivity index is 2.24. The molecule has 2 aromatic rings. The van der Waals surface area contributed by atoms with Crippen molar-refractivity contribution in [2.24, 2.45) is 0 Å². The molecule has 1 heterocycles. The Bertz CT molecular complexity index is 604. The molecule has 3 N–H and O–H groups in total. The molecule has 0 unspecified atom stereocenters. The lowest BCUT2D eigenvalue weighted by molar-refractivity contribution is 0.102. The molecule has 1 amide bonds. The molecule has 1 aromatic heterocycles. The number of anilines is 2. The number of amides is 1. The Morgan fingerprint density at radius 1 is 1.39 bits per heavy atom. The van der Waals surface area contributed by atoms with Crippen LogP contribution in [0.15, 0.2) is 41.0 Å². The highest BCUT2D eigenvalue weighted by Gasteiger charge is 2.11. The van der Waals surface area contributed by atoms with Gasteiger partial charge in [-0.15, -0.1) is 0 Å². The molecule has 92 valence electrons. The third kappa shape index (κ3) is 2.84. The van der Waals surface area contributed by atoms with E-state index in [4.69, 9.17) is 5.73 Å². The molecule has 18 heavy (non-hydrogen) atoms. The summed E-state index contributed by atoms with van der Waals surface area (Å²) in [7, 11) is 0. The molecule has 0 fully saturated rings. The minimum atomic E-state index is -0.438. The maximum Gasteiger partial charge on any atom is 0.259 e. The highest BCUT2D eigenvalue weighted by Crippen LogP contribution is 2.17. The third-order valence-electron chi connectivity index (χ3n) is 2.21. The molecule has 0 atom stereocenters. The van der Waals surface area contributed by atoms with Crippen LogP contribution in [0.3, 0.4) is 0 Å². The monoisotopic (exact) mass is 309 g/mol. The van der Waals surface area contributed by atoms with Crippen molar-refractivity contribution in [2.45, 2.75) is 0 Å². The van der Waals surface area contributed by atoms with E-state index < -0.39 is 11.7 Å².